The predicted molar refractivity (Wildman–Crippen MR) is 138 cm³/mol. The van der Waals surface area contributed by atoms with Crippen LogP contribution in [0, 0.1) is 12.8 Å². The summed E-state index contributed by atoms with van der Waals surface area (Å²) in [6, 6.07) is 6.32. The molecule has 33 heavy (non-hydrogen) atoms. The topological polar surface area (TPSA) is 91.1 Å². The highest BCUT2D eigenvalue weighted by atomic mass is 32.1. The molecule has 3 aromatic rings. The van der Waals surface area contributed by atoms with E-state index >= 15 is 0 Å². The molecule has 176 valence electrons. The molecule has 1 aliphatic heterocycles. The van der Waals surface area contributed by atoms with Crippen LogP contribution >= 0.6 is 13.5 Å². The molecular weight excluding hydrogens is 432 g/mol. The second-order valence-corrected chi connectivity index (χ2v) is 9.96. The largest absolute Gasteiger partial charge is 0.368 e. The minimum atomic E-state index is -0.293. The Balaban J connectivity index is 0.00000259. The first-order valence-corrected chi connectivity index (χ1v) is 11.5. The van der Waals surface area contributed by atoms with Crippen molar-refractivity contribution in [2.24, 2.45) is 11.7 Å². The molecule has 5 rings (SSSR count). The van der Waals surface area contributed by atoms with Crippen LogP contribution < -0.4 is 10.6 Å². The summed E-state index contributed by atoms with van der Waals surface area (Å²) in [5, 5.41) is 0. The number of benzene rings is 1. The normalized spacial score (nSPS) is 21.2. The fourth-order valence-electron chi connectivity index (χ4n) is 4.87. The predicted octanol–water partition coefficient (Wildman–Crippen LogP) is 3.84. The molecule has 3 N–H and O–H groups in total. The number of carbonyl (C=O) groups excluding carboxylic acids is 1. The summed E-state index contributed by atoms with van der Waals surface area (Å²) in [5.74, 6) is 1.34. The number of aromatic nitrogens is 3. The van der Waals surface area contributed by atoms with Crippen molar-refractivity contribution in [3.8, 4) is 11.4 Å². The molecule has 1 aromatic carbocycles. The van der Waals surface area contributed by atoms with Crippen molar-refractivity contribution in [3.63, 3.8) is 0 Å². The summed E-state index contributed by atoms with van der Waals surface area (Å²) in [7, 11) is 1.91. The zero-order valence-electron chi connectivity index (χ0n) is 19.9. The number of pyridine rings is 1. The second-order valence-electron chi connectivity index (χ2n) is 9.96. The number of carbonyl (C=O) groups is 1. The molecule has 2 fully saturated rings. The minimum absolute atomic E-state index is 0. The van der Waals surface area contributed by atoms with Crippen LogP contribution in [0.1, 0.15) is 49.0 Å². The molecule has 1 saturated heterocycles. The van der Waals surface area contributed by atoms with Gasteiger partial charge in [0.25, 0.3) is 5.91 Å². The van der Waals surface area contributed by atoms with Crippen LogP contribution in [0.2, 0.25) is 0 Å². The number of hydrogen-bond acceptors (Lipinski definition) is 5. The SMILES string of the molecule is Cc1cccc2[nH]c(-c3cncc(C(=O)N(C)[C@@H](C)C4CC4)c3N3CC[C@](C)(N)C3)nc12.S. The van der Waals surface area contributed by atoms with Gasteiger partial charge in [-0.3, -0.25) is 9.78 Å². The van der Waals surface area contributed by atoms with Gasteiger partial charge in [0.2, 0.25) is 0 Å². The number of imidazole rings is 1. The molecule has 1 amide bonds. The van der Waals surface area contributed by atoms with E-state index in [0.717, 1.165) is 46.6 Å². The van der Waals surface area contributed by atoms with Crippen LogP contribution in [0.5, 0.6) is 0 Å². The van der Waals surface area contributed by atoms with E-state index in [1.54, 1.807) is 6.20 Å². The Morgan fingerprint density at radius 1 is 1.33 bits per heavy atom. The number of H-pyrrole nitrogens is 1. The molecular formula is C25H34N6OS. The number of aryl methyl sites for hydroxylation is 1. The van der Waals surface area contributed by atoms with Crippen LogP contribution in [0.3, 0.4) is 0 Å². The van der Waals surface area contributed by atoms with E-state index in [1.165, 1.54) is 12.8 Å². The zero-order valence-corrected chi connectivity index (χ0v) is 20.9. The van der Waals surface area contributed by atoms with Crippen molar-refractivity contribution in [1.29, 1.82) is 0 Å². The van der Waals surface area contributed by atoms with E-state index in [0.29, 0.717) is 18.0 Å². The summed E-state index contributed by atoms with van der Waals surface area (Å²) in [5.41, 5.74) is 11.6. The first-order valence-electron chi connectivity index (χ1n) is 11.5. The molecule has 2 aromatic heterocycles. The van der Waals surface area contributed by atoms with Gasteiger partial charge in [-0.25, -0.2) is 4.98 Å². The third-order valence-electron chi connectivity index (χ3n) is 7.17. The van der Waals surface area contributed by atoms with E-state index in [2.05, 4.69) is 41.7 Å². The fourth-order valence-corrected chi connectivity index (χ4v) is 4.87. The highest BCUT2D eigenvalue weighted by Crippen LogP contribution is 2.39. The van der Waals surface area contributed by atoms with Crippen molar-refractivity contribution in [3.05, 3.63) is 41.7 Å². The van der Waals surface area contributed by atoms with E-state index in [9.17, 15) is 4.79 Å². The maximum absolute atomic E-state index is 13.7. The molecule has 0 radical (unpaired) electrons. The summed E-state index contributed by atoms with van der Waals surface area (Å²) < 4.78 is 0. The van der Waals surface area contributed by atoms with Crippen molar-refractivity contribution >= 4 is 36.1 Å². The number of amides is 1. The standard InChI is InChI=1S/C25H32N6O.H2S/c1-15-6-5-7-20-21(15)29-23(28-20)18-12-27-13-19(22(18)31-11-10-25(3,26)14-31)24(32)30(4)16(2)17-8-9-17;/h5-7,12-13,16-17H,8-11,14,26H2,1-4H3,(H,28,29);1H2/t16-,25-;/m0./s1. The van der Waals surface area contributed by atoms with Gasteiger partial charge in [0.15, 0.2) is 0 Å². The molecule has 2 atom stereocenters. The molecule has 0 spiro atoms. The van der Waals surface area contributed by atoms with Gasteiger partial charge in [-0.15, -0.1) is 0 Å². The van der Waals surface area contributed by atoms with E-state index < -0.39 is 0 Å². The Kier molecular flexibility index (Phi) is 6.18. The second kappa shape index (κ2) is 8.65. The number of nitrogens with two attached hydrogens (primary N) is 1. The Morgan fingerprint density at radius 3 is 2.73 bits per heavy atom. The van der Waals surface area contributed by atoms with Gasteiger partial charge in [-0.1, -0.05) is 12.1 Å². The Labute approximate surface area is 202 Å². The van der Waals surface area contributed by atoms with Crippen LogP contribution in [0.15, 0.2) is 30.6 Å². The van der Waals surface area contributed by atoms with Crippen molar-refractivity contribution in [2.45, 2.75) is 51.6 Å². The van der Waals surface area contributed by atoms with Gasteiger partial charge in [-0.2, -0.15) is 13.5 Å². The number of hydrogen-bond donors (Lipinski definition) is 2. The average molecular weight is 467 g/mol. The number of rotatable bonds is 5. The van der Waals surface area contributed by atoms with Gasteiger partial charge in [0.05, 0.1) is 27.8 Å². The first-order chi connectivity index (χ1) is 15.2. The summed E-state index contributed by atoms with van der Waals surface area (Å²) >= 11 is 0. The number of fused-ring (bicyclic) bond motifs is 1. The quantitative estimate of drug-likeness (QED) is 0.596. The van der Waals surface area contributed by atoms with Gasteiger partial charge < -0.3 is 20.5 Å². The van der Waals surface area contributed by atoms with E-state index in [1.807, 2.05) is 30.3 Å². The van der Waals surface area contributed by atoms with E-state index in [-0.39, 0.29) is 31.0 Å². The lowest BCUT2D eigenvalue weighted by Crippen LogP contribution is -2.40. The van der Waals surface area contributed by atoms with Crippen LogP contribution in [0.25, 0.3) is 22.4 Å². The lowest BCUT2D eigenvalue weighted by molar-refractivity contribution is 0.0727. The molecule has 3 heterocycles. The molecule has 1 saturated carbocycles. The highest BCUT2D eigenvalue weighted by molar-refractivity contribution is 7.59. The molecule has 7 nitrogen and oxygen atoms in total. The van der Waals surface area contributed by atoms with Gasteiger partial charge in [0, 0.05) is 44.1 Å². The van der Waals surface area contributed by atoms with Gasteiger partial charge in [-0.05, 0) is 57.6 Å². The fraction of sp³-hybridized carbons (Fsp3) is 0.480. The molecule has 0 unspecified atom stereocenters. The number of para-hydroxylation sites is 1. The highest BCUT2D eigenvalue weighted by Gasteiger charge is 2.37. The number of aromatic amines is 1. The monoisotopic (exact) mass is 466 g/mol. The molecule has 1 aliphatic carbocycles. The van der Waals surface area contributed by atoms with Crippen molar-refractivity contribution < 1.29 is 4.79 Å². The number of nitrogens with zero attached hydrogens (tertiary/aromatic N) is 4. The molecule has 8 heteroatoms. The maximum atomic E-state index is 13.7. The maximum Gasteiger partial charge on any atom is 0.257 e. The van der Waals surface area contributed by atoms with Crippen LogP contribution in [-0.2, 0) is 0 Å². The van der Waals surface area contributed by atoms with Crippen molar-refractivity contribution in [1.82, 2.24) is 19.9 Å². The molecule has 0 bridgehead atoms. The van der Waals surface area contributed by atoms with Crippen LogP contribution in [0.4, 0.5) is 5.69 Å². The van der Waals surface area contributed by atoms with Crippen molar-refractivity contribution in [2.75, 3.05) is 25.0 Å². The number of nitrogens with one attached hydrogen (secondary N) is 1. The average Bonchev–Trinajstić information content (AvgIpc) is 3.42. The number of anilines is 1. The first kappa shape index (κ1) is 23.6. The summed E-state index contributed by atoms with van der Waals surface area (Å²) in [4.78, 5) is 30.6. The smallest absolute Gasteiger partial charge is 0.257 e. The lowest BCUT2D eigenvalue weighted by Gasteiger charge is -2.29. The summed E-state index contributed by atoms with van der Waals surface area (Å²) in [6.07, 6.45) is 6.78. The van der Waals surface area contributed by atoms with E-state index in [4.69, 9.17) is 10.7 Å². The van der Waals surface area contributed by atoms with Gasteiger partial charge >= 0.3 is 0 Å². The third kappa shape index (κ3) is 4.34. The third-order valence-corrected chi connectivity index (χ3v) is 7.17. The van der Waals surface area contributed by atoms with Gasteiger partial charge in [0.1, 0.15) is 5.82 Å². The molecule has 2 aliphatic rings. The zero-order chi connectivity index (χ0) is 22.6. The minimum Gasteiger partial charge on any atom is -0.368 e. The Hall–Kier alpha value is -2.58. The summed E-state index contributed by atoms with van der Waals surface area (Å²) in [6.45, 7) is 7.75. The van der Waals surface area contributed by atoms with Crippen LogP contribution in [-0.4, -0.2) is 57.5 Å². The lowest BCUT2D eigenvalue weighted by atomic mass is 10.0. The Morgan fingerprint density at radius 2 is 2.09 bits per heavy atom. The Bertz CT molecular complexity index is 1180.